The molecule has 2 aromatic carbocycles. The number of ketones is 1. The van der Waals surface area contributed by atoms with Crippen LogP contribution in [0.25, 0.3) is 5.69 Å². The summed E-state index contributed by atoms with van der Waals surface area (Å²) in [6.45, 7) is 5.77. The second kappa shape index (κ2) is 25.6. The Kier molecular flexibility index (Phi) is 19.9. The molecule has 18 heteroatoms. The molecule has 2 aliphatic heterocycles. The lowest BCUT2D eigenvalue weighted by Crippen LogP contribution is -2.43. The summed E-state index contributed by atoms with van der Waals surface area (Å²) in [6.07, 6.45) is 7.11. The summed E-state index contributed by atoms with van der Waals surface area (Å²) in [5.74, 6) is -2.23. The summed E-state index contributed by atoms with van der Waals surface area (Å²) in [6, 6.07) is 10.2. The maximum absolute atomic E-state index is 14.0. The zero-order chi connectivity index (χ0) is 41.7. The molecule has 0 radical (unpaired) electrons. The van der Waals surface area contributed by atoms with Crippen molar-refractivity contribution in [2.45, 2.75) is 81.9 Å². The van der Waals surface area contributed by atoms with Crippen LogP contribution in [-0.4, -0.2) is 128 Å². The van der Waals surface area contributed by atoms with Crippen molar-refractivity contribution in [3.05, 3.63) is 71.6 Å². The van der Waals surface area contributed by atoms with E-state index in [1.165, 1.54) is 16.5 Å². The number of rotatable bonds is 29. The molecule has 324 valence electrons. The predicted molar refractivity (Wildman–Crippen MR) is 218 cm³/mol. The van der Waals surface area contributed by atoms with Crippen molar-refractivity contribution < 1.29 is 46.8 Å². The highest BCUT2D eigenvalue weighted by Crippen LogP contribution is 2.32. The number of amides is 2. The molecule has 59 heavy (non-hydrogen) atoms. The predicted octanol–water partition coefficient (Wildman–Crippen LogP) is 3.73. The summed E-state index contributed by atoms with van der Waals surface area (Å²) in [5.41, 5.74) is 1.43. The van der Waals surface area contributed by atoms with Crippen LogP contribution in [0.4, 0.5) is 8.78 Å². The number of hydrogen-bond donors (Lipinski definition) is 4. The Morgan fingerprint density at radius 1 is 0.932 bits per heavy atom. The number of nitrogens with one attached hydrogen (secondary N) is 4. The number of carbonyl (C=O) groups excluding carboxylic acids is 3. The van der Waals surface area contributed by atoms with Crippen LogP contribution in [0.1, 0.15) is 67.9 Å². The summed E-state index contributed by atoms with van der Waals surface area (Å²) in [7, 11) is 0. The molecule has 0 unspecified atom stereocenters. The van der Waals surface area contributed by atoms with Gasteiger partial charge in [0.05, 0.1) is 70.8 Å². The van der Waals surface area contributed by atoms with Gasteiger partial charge in [0.2, 0.25) is 5.91 Å². The lowest BCUT2D eigenvalue weighted by molar-refractivity contribution is -0.123. The Labute approximate surface area is 348 Å². The number of para-hydroxylation sites is 1. The van der Waals surface area contributed by atoms with Gasteiger partial charge in [0.15, 0.2) is 23.2 Å². The number of benzene rings is 2. The smallest absolute Gasteiger partial charge is 0.251 e. The minimum Gasteiger partial charge on any atom is -0.480 e. The van der Waals surface area contributed by atoms with E-state index >= 15 is 0 Å². The minimum absolute atomic E-state index is 0.0685. The first kappa shape index (κ1) is 46.0. The molecule has 0 saturated carbocycles. The first-order valence-electron chi connectivity index (χ1n) is 20.4. The largest absolute Gasteiger partial charge is 0.480 e. The Morgan fingerprint density at radius 2 is 1.66 bits per heavy atom. The van der Waals surface area contributed by atoms with Gasteiger partial charge in [0.1, 0.15) is 12.3 Å². The van der Waals surface area contributed by atoms with Crippen molar-refractivity contribution in [1.82, 2.24) is 36.3 Å². The summed E-state index contributed by atoms with van der Waals surface area (Å²) < 4.78 is 56.9. The molecule has 15 nitrogen and oxygen atoms in total. The van der Waals surface area contributed by atoms with E-state index in [1.54, 1.807) is 30.5 Å². The minimum atomic E-state index is -0.917. The van der Waals surface area contributed by atoms with E-state index in [2.05, 4.69) is 31.6 Å². The Bertz CT molecular complexity index is 1740. The molecule has 5 rings (SSSR count). The lowest BCUT2D eigenvalue weighted by Gasteiger charge is -2.18. The van der Waals surface area contributed by atoms with E-state index in [9.17, 15) is 23.2 Å². The fourth-order valence-electron chi connectivity index (χ4n) is 6.65. The molecule has 0 spiro atoms. The standard InChI is InChI=1S/C41H57F2N7O8S/c1-2-3-12-34(36(51)26-58-40-32(42)10-7-11-33(40)43)47-41(53)29-8-6-9-31(23-29)50-24-30(48-49-50)25-57-22-21-56-20-19-55-18-17-54-16-15-44-38(52)14-5-4-13-37-39-35(27-59-37)45-28-46-39/h6-11,23-24,34-35,37,39,45-46H,2-5,12-22,25-28H2,1H3,(H,44,52)(H,47,53)/t34-,35-,37-,39-/m0/s1. The average molecular weight is 846 g/mol. The van der Waals surface area contributed by atoms with Crippen LogP contribution in [0.5, 0.6) is 5.75 Å². The Hall–Kier alpha value is -4.04. The van der Waals surface area contributed by atoms with Gasteiger partial charge < -0.3 is 34.3 Å². The third-order valence-electron chi connectivity index (χ3n) is 9.83. The number of aromatic nitrogens is 3. The second-order valence-corrected chi connectivity index (χ2v) is 15.5. The fraction of sp³-hybridized carbons (Fsp3) is 0.585. The molecule has 0 aliphatic carbocycles. The van der Waals surface area contributed by atoms with Crippen LogP contribution in [0.15, 0.2) is 48.7 Å². The molecule has 2 fully saturated rings. The van der Waals surface area contributed by atoms with Crippen LogP contribution >= 0.6 is 11.8 Å². The SMILES string of the molecule is CCCC[C@H](NC(=O)c1cccc(-n2cc(COCCOCCOCCOCCNC(=O)CCCC[C@@H]3SC[C@@H]4NCN[C@@H]43)nn2)c1)C(=O)COc1c(F)cccc1F. The average Bonchev–Trinajstić information content (AvgIpc) is 4.00. The van der Waals surface area contributed by atoms with Gasteiger partial charge >= 0.3 is 0 Å². The van der Waals surface area contributed by atoms with Crippen LogP contribution < -0.4 is 26.0 Å². The number of halogens is 2. The van der Waals surface area contributed by atoms with E-state index in [4.69, 9.17) is 23.7 Å². The van der Waals surface area contributed by atoms with Crippen molar-refractivity contribution in [3.63, 3.8) is 0 Å². The fourth-order valence-corrected chi connectivity index (χ4v) is 8.26. The molecule has 2 saturated heterocycles. The number of ether oxygens (including phenoxy) is 5. The summed E-state index contributed by atoms with van der Waals surface area (Å²) in [5, 5.41) is 21.6. The van der Waals surface area contributed by atoms with Crippen LogP contribution in [0, 0.1) is 11.6 Å². The third-order valence-corrected chi connectivity index (χ3v) is 11.3. The van der Waals surface area contributed by atoms with Crippen LogP contribution in [0.2, 0.25) is 0 Å². The van der Waals surface area contributed by atoms with E-state index in [0.717, 1.165) is 44.5 Å². The van der Waals surface area contributed by atoms with Crippen molar-refractivity contribution in [2.75, 3.05) is 71.8 Å². The zero-order valence-corrected chi connectivity index (χ0v) is 34.5. The van der Waals surface area contributed by atoms with Gasteiger partial charge in [-0.1, -0.05) is 43.5 Å². The molecule has 2 amide bonds. The van der Waals surface area contributed by atoms with Crippen molar-refractivity contribution in [2.24, 2.45) is 0 Å². The molecule has 3 heterocycles. The van der Waals surface area contributed by atoms with E-state index in [0.29, 0.717) is 101 Å². The van der Waals surface area contributed by atoms with Crippen molar-refractivity contribution in [1.29, 1.82) is 0 Å². The van der Waals surface area contributed by atoms with Gasteiger partial charge in [0.25, 0.3) is 5.91 Å². The Morgan fingerprint density at radius 3 is 2.42 bits per heavy atom. The maximum Gasteiger partial charge on any atom is 0.251 e. The molecule has 4 N–H and O–H groups in total. The van der Waals surface area contributed by atoms with Crippen LogP contribution in [-0.2, 0) is 35.1 Å². The highest BCUT2D eigenvalue weighted by atomic mass is 32.2. The van der Waals surface area contributed by atoms with Gasteiger partial charge in [-0.25, -0.2) is 13.5 Å². The summed E-state index contributed by atoms with van der Waals surface area (Å²) >= 11 is 2.03. The van der Waals surface area contributed by atoms with Gasteiger partial charge in [-0.2, -0.15) is 11.8 Å². The van der Waals surface area contributed by atoms with Gasteiger partial charge in [-0.3, -0.25) is 25.0 Å². The highest BCUT2D eigenvalue weighted by Gasteiger charge is 2.38. The van der Waals surface area contributed by atoms with E-state index in [1.807, 2.05) is 18.7 Å². The normalized spacial score (nSPS) is 17.8. The van der Waals surface area contributed by atoms with Gasteiger partial charge in [0, 0.05) is 48.3 Å². The van der Waals surface area contributed by atoms with E-state index < -0.39 is 41.7 Å². The number of fused-ring (bicyclic) bond motifs is 1. The highest BCUT2D eigenvalue weighted by molar-refractivity contribution is 8.00. The molecule has 3 aromatic rings. The van der Waals surface area contributed by atoms with Crippen LogP contribution in [0.3, 0.4) is 0 Å². The first-order valence-corrected chi connectivity index (χ1v) is 21.4. The monoisotopic (exact) mass is 845 g/mol. The lowest BCUT2D eigenvalue weighted by atomic mass is 10.0. The number of Topliss-reactive ketones (excluding diaryl/α,β-unsaturated/α-hetero) is 1. The number of unbranched alkanes of at least 4 members (excludes halogenated alkanes) is 2. The Balaban J connectivity index is 0.873. The molecule has 4 atom stereocenters. The molecular weight excluding hydrogens is 789 g/mol. The zero-order valence-electron chi connectivity index (χ0n) is 33.6. The number of nitrogens with zero attached hydrogens (tertiary/aromatic N) is 3. The second-order valence-electron chi connectivity index (χ2n) is 14.3. The number of thioether (sulfide) groups is 1. The molecule has 2 aliphatic rings. The molecular formula is C41H57F2N7O8S. The maximum atomic E-state index is 14.0. The molecule has 1 aromatic heterocycles. The summed E-state index contributed by atoms with van der Waals surface area (Å²) in [4.78, 5) is 38.3. The number of hydrogen-bond acceptors (Lipinski definition) is 13. The van der Waals surface area contributed by atoms with E-state index in [-0.39, 0.29) is 18.1 Å². The quantitative estimate of drug-likeness (QED) is 0.0745. The molecule has 0 bridgehead atoms. The third kappa shape index (κ3) is 15.5. The number of carbonyl (C=O) groups is 3. The topological polar surface area (TPSA) is 176 Å². The first-order chi connectivity index (χ1) is 28.8. The van der Waals surface area contributed by atoms with Gasteiger partial charge in [-0.05, 0) is 49.6 Å². The van der Waals surface area contributed by atoms with Crippen molar-refractivity contribution >= 4 is 29.4 Å². The van der Waals surface area contributed by atoms with Gasteiger partial charge in [-0.15, -0.1) is 5.10 Å². The van der Waals surface area contributed by atoms with Crippen molar-refractivity contribution in [3.8, 4) is 11.4 Å².